The minimum atomic E-state index is -2.35. The Morgan fingerprint density at radius 1 is 1.50 bits per heavy atom. The van der Waals surface area contributed by atoms with Crippen LogP contribution < -0.4 is 0 Å². The van der Waals surface area contributed by atoms with Gasteiger partial charge >= 0.3 is 0 Å². The fourth-order valence-electron chi connectivity index (χ4n) is 3.00. The molecule has 2 saturated carbocycles. The van der Waals surface area contributed by atoms with Gasteiger partial charge in [0, 0.05) is 6.42 Å². The smallest absolute Gasteiger partial charge is 0.259 e. The first-order valence-electron chi connectivity index (χ1n) is 4.98. The summed E-state index contributed by atoms with van der Waals surface area (Å²) in [6, 6.07) is 0. The van der Waals surface area contributed by atoms with Crippen LogP contribution in [-0.2, 0) is 11.1 Å². The molecule has 2 fully saturated rings. The van der Waals surface area contributed by atoms with Crippen LogP contribution in [0.2, 0.25) is 0 Å². The Morgan fingerprint density at radius 3 is 2.64 bits per heavy atom. The molecule has 2 rings (SSSR count). The van der Waals surface area contributed by atoms with Gasteiger partial charge < -0.3 is 4.55 Å². The maximum atomic E-state index is 13.6. The zero-order valence-electron chi connectivity index (χ0n) is 7.79. The average Bonchev–Trinajstić information content (AvgIpc) is 2.63. The molecule has 2 nitrogen and oxygen atoms in total. The Balaban J connectivity index is 1.95. The molecule has 5 heteroatoms. The molecule has 5 atom stereocenters. The first-order chi connectivity index (χ1) is 6.49. The van der Waals surface area contributed by atoms with Crippen molar-refractivity contribution < 1.29 is 13.2 Å². The van der Waals surface area contributed by atoms with E-state index in [0.29, 0.717) is 11.8 Å². The molecule has 0 spiro atoms. The van der Waals surface area contributed by atoms with Crippen molar-refractivity contribution >= 4 is 33.7 Å². The van der Waals surface area contributed by atoms with Gasteiger partial charge in [0.25, 0.3) is 3.01 Å². The summed E-state index contributed by atoms with van der Waals surface area (Å²) in [7, 11) is 0. The van der Waals surface area contributed by atoms with Crippen molar-refractivity contribution in [3.63, 3.8) is 0 Å². The van der Waals surface area contributed by atoms with Gasteiger partial charge in [0.15, 0.2) is 0 Å². The molecule has 2 aliphatic rings. The van der Waals surface area contributed by atoms with Gasteiger partial charge in [0.1, 0.15) is 0 Å². The molecular weight excluding hydrogens is 318 g/mol. The molecule has 2 aliphatic carbocycles. The van der Waals surface area contributed by atoms with Gasteiger partial charge in [-0.2, -0.15) is 0 Å². The minimum Gasteiger partial charge on any atom is -0.303 e. The van der Waals surface area contributed by atoms with E-state index in [1.54, 1.807) is 0 Å². The second-order valence-electron chi connectivity index (χ2n) is 4.53. The third-order valence-electron chi connectivity index (χ3n) is 3.64. The lowest BCUT2D eigenvalue weighted by Gasteiger charge is -2.25. The molecule has 0 heterocycles. The molecule has 0 aromatic carbocycles. The zero-order chi connectivity index (χ0) is 10.3. The maximum Gasteiger partial charge on any atom is 0.259 e. The van der Waals surface area contributed by atoms with E-state index < -0.39 is 14.1 Å². The highest BCUT2D eigenvalue weighted by atomic mass is 127. The second-order valence-corrected chi connectivity index (χ2v) is 8.11. The molecule has 14 heavy (non-hydrogen) atoms. The summed E-state index contributed by atoms with van der Waals surface area (Å²) in [4.78, 5) is 0. The molecule has 0 radical (unpaired) electrons. The van der Waals surface area contributed by atoms with Crippen LogP contribution in [0.5, 0.6) is 0 Å². The van der Waals surface area contributed by atoms with Gasteiger partial charge in [-0.1, -0.05) is 6.42 Å². The van der Waals surface area contributed by atoms with E-state index in [1.165, 1.54) is 41.9 Å². The molecule has 2 bridgehead atoms. The fourth-order valence-corrected chi connectivity index (χ4v) is 3.93. The van der Waals surface area contributed by atoms with Gasteiger partial charge in [-0.15, -0.1) is 0 Å². The highest BCUT2D eigenvalue weighted by molar-refractivity contribution is 14.1. The highest BCUT2D eigenvalue weighted by Gasteiger charge is 2.45. The van der Waals surface area contributed by atoms with Crippen molar-refractivity contribution in [2.45, 2.75) is 35.1 Å². The number of halogens is 2. The third-order valence-corrected chi connectivity index (χ3v) is 5.89. The first-order valence-corrected chi connectivity index (χ1v) is 7.16. The summed E-state index contributed by atoms with van der Waals surface area (Å²) in [6.45, 7) is 0. The Labute approximate surface area is 99.5 Å². The largest absolute Gasteiger partial charge is 0.303 e. The standard InChI is InChI=1S/C9H14FIO2S/c10-9(11,14(12)13)5-8-4-6-1-2-7(8)3-6/h6-8H,1-5H2,(H,12,13). The fraction of sp³-hybridized carbons (Fsp3) is 1.00. The summed E-state index contributed by atoms with van der Waals surface area (Å²) in [5.74, 6) is 1.73. The summed E-state index contributed by atoms with van der Waals surface area (Å²) in [5.41, 5.74) is 0. The molecule has 0 saturated heterocycles. The quantitative estimate of drug-likeness (QED) is 0.490. The van der Waals surface area contributed by atoms with Gasteiger partial charge in [-0.3, -0.25) is 0 Å². The lowest BCUT2D eigenvalue weighted by Crippen LogP contribution is -2.26. The van der Waals surface area contributed by atoms with E-state index in [4.69, 9.17) is 4.55 Å². The van der Waals surface area contributed by atoms with E-state index in [9.17, 15) is 8.60 Å². The Morgan fingerprint density at radius 2 is 2.21 bits per heavy atom. The van der Waals surface area contributed by atoms with E-state index in [0.717, 1.165) is 12.3 Å². The van der Waals surface area contributed by atoms with Crippen molar-refractivity contribution in [1.82, 2.24) is 0 Å². The van der Waals surface area contributed by atoms with Gasteiger partial charge in [0.2, 0.25) is 11.1 Å². The molecular formula is C9H14FIO2S. The predicted molar refractivity (Wildman–Crippen MR) is 62.2 cm³/mol. The SMILES string of the molecule is O=S(O)C(F)(I)CC1CC2CCC1C2. The lowest BCUT2D eigenvalue weighted by atomic mass is 9.87. The number of fused-ring (bicyclic) bond motifs is 2. The topological polar surface area (TPSA) is 37.3 Å². The molecule has 0 amide bonds. The van der Waals surface area contributed by atoms with Gasteiger partial charge in [-0.25, -0.2) is 8.60 Å². The Kier molecular flexibility index (Phi) is 3.20. The van der Waals surface area contributed by atoms with Crippen LogP contribution >= 0.6 is 22.6 Å². The van der Waals surface area contributed by atoms with Crippen molar-refractivity contribution in [2.24, 2.45) is 17.8 Å². The van der Waals surface area contributed by atoms with E-state index in [1.807, 2.05) is 0 Å². The molecule has 0 aliphatic heterocycles. The highest BCUT2D eigenvalue weighted by Crippen LogP contribution is 2.52. The zero-order valence-corrected chi connectivity index (χ0v) is 10.8. The minimum absolute atomic E-state index is 0.248. The summed E-state index contributed by atoms with van der Waals surface area (Å²) in [5, 5.41) is 0. The normalized spacial score (nSPS) is 42.4. The third kappa shape index (κ3) is 2.14. The maximum absolute atomic E-state index is 13.6. The van der Waals surface area contributed by atoms with Crippen molar-refractivity contribution in [3.8, 4) is 0 Å². The van der Waals surface area contributed by atoms with Gasteiger partial charge in [-0.05, 0) is 59.6 Å². The van der Waals surface area contributed by atoms with Crippen LogP contribution in [0.4, 0.5) is 4.39 Å². The average molecular weight is 332 g/mol. The monoisotopic (exact) mass is 332 g/mol. The first kappa shape index (κ1) is 11.3. The molecule has 82 valence electrons. The second kappa shape index (κ2) is 3.97. The summed E-state index contributed by atoms with van der Waals surface area (Å²) in [6.07, 6.45) is 5.01. The van der Waals surface area contributed by atoms with Crippen LogP contribution in [0.3, 0.4) is 0 Å². The van der Waals surface area contributed by atoms with Crippen LogP contribution in [0, 0.1) is 17.8 Å². The molecule has 1 N–H and O–H groups in total. The number of alkyl halides is 2. The number of rotatable bonds is 3. The van der Waals surface area contributed by atoms with Crippen molar-refractivity contribution in [2.75, 3.05) is 0 Å². The number of hydrogen-bond donors (Lipinski definition) is 1. The van der Waals surface area contributed by atoms with Crippen LogP contribution in [0.1, 0.15) is 32.1 Å². The van der Waals surface area contributed by atoms with Gasteiger partial charge in [0.05, 0.1) is 0 Å². The van der Waals surface area contributed by atoms with E-state index in [-0.39, 0.29) is 6.42 Å². The lowest BCUT2D eigenvalue weighted by molar-refractivity contribution is 0.251. The van der Waals surface area contributed by atoms with Crippen molar-refractivity contribution in [3.05, 3.63) is 0 Å². The van der Waals surface area contributed by atoms with Crippen LogP contribution in [0.15, 0.2) is 0 Å². The molecule has 0 aromatic rings. The van der Waals surface area contributed by atoms with Crippen molar-refractivity contribution in [1.29, 1.82) is 0 Å². The van der Waals surface area contributed by atoms with E-state index >= 15 is 0 Å². The Bertz CT molecular complexity index is 259. The number of hydrogen-bond acceptors (Lipinski definition) is 1. The molecule has 5 unspecified atom stereocenters. The van der Waals surface area contributed by atoms with E-state index in [2.05, 4.69) is 0 Å². The van der Waals surface area contributed by atoms with Crippen LogP contribution in [-0.4, -0.2) is 11.8 Å². The summed E-state index contributed by atoms with van der Waals surface area (Å²) < 4.78 is 31.2. The predicted octanol–water partition coefficient (Wildman–Crippen LogP) is 3.09. The summed E-state index contributed by atoms with van der Waals surface area (Å²) >= 11 is -0.874. The molecule has 0 aromatic heterocycles. The Hall–Kier alpha value is 0.770. The van der Waals surface area contributed by atoms with Crippen LogP contribution in [0.25, 0.3) is 0 Å².